The van der Waals surface area contributed by atoms with Crippen LogP contribution in [0.5, 0.6) is 0 Å². The molecule has 0 bridgehead atoms. The highest BCUT2D eigenvalue weighted by Gasteiger charge is 2.44. The fourth-order valence-electron chi connectivity index (χ4n) is 14.5. The van der Waals surface area contributed by atoms with Gasteiger partial charge in [0.1, 0.15) is 29.5 Å². The maximum absolute atomic E-state index is 14.9. The van der Waals surface area contributed by atoms with Crippen LogP contribution in [0.15, 0.2) is 54.6 Å². The van der Waals surface area contributed by atoms with Crippen LogP contribution in [0.3, 0.4) is 0 Å². The number of nitrogens with two attached hydrogens (primary N) is 2. The van der Waals surface area contributed by atoms with Gasteiger partial charge in [-0.2, -0.15) is 0 Å². The molecule has 14 atom stereocenters. The number of methoxy groups -OCH3 is 2. The second-order valence-corrected chi connectivity index (χ2v) is 33.0. The lowest BCUT2D eigenvalue weighted by Gasteiger charge is -2.41. The van der Waals surface area contributed by atoms with E-state index in [0.29, 0.717) is 56.3 Å². The highest BCUT2D eigenvalue weighted by molar-refractivity contribution is 8.00. The van der Waals surface area contributed by atoms with Gasteiger partial charge >= 0.3 is 18.1 Å². The Labute approximate surface area is 699 Å². The number of rotatable bonds is 58. The van der Waals surface area contributed by atoms with Crippen molar-refractivity contribution in [1.29, 1.82) is 0 Å². The number of anilines is 1. The fourth-order valence-corrected chi connectivity index (χ4v) is 15.5. The molecule has 3 rings (SSSR count). The molecule has 1 heterocycles. The molecule has 13 N–H and O–H groups in total. The number of likely N-dealkylation sites (N-methyl/N-ethyl adjacent to an activating group) is 2. The number of hydrogen-bond acceptors (Lipinski definition) is 22. The molecule has 11 amide bonds. The number of Topliss-reactive ketones (excluding diaryl/α,β-unsaturated/α-hetero) is 4. The number of nitrogens with one attached hydrogen (secondary N) is 7. The van der Waals surface area contributed by atoms with Gasteiger partial charge in [-0.25, -0.2) is 9.59 Å². The van der Waals surface area contributed by atoms with E-state index >= 15 is 0 Å². The van der Waals surface area contributed by atoms with Gasteiger partial charge in [-0.1, -0.05) is 125 Å². The molecule has 1 saturated heterocycles. The average molecular weight is 1680 g/mol. The zero-order valence-corrected chi connectivity index (χ0v) is 72.6. The number of thioether (sulfide) groups is 1. The molecule has 34 heteroatoms. The van der Waals surface area contributed by atoms with Crippen molar-refractivity contribution in [3.05, 3.63) is 65.7 Å². The smallest absolute Gasteiger partial charge is 0.410 e. The number of ether oxygens (including phenoxy) is 4. The van der Waals surface area contributed by atoms with Crippen molar-refractivity contribution in [1.82, 2.24) is 46.6 Å². The number of amides is 11. The molecule has 662 valence electrons. The summed E-state index contributed by atoms with van der Waals surface area (Å²) < 4.78 is 23.2. The normalized spacial score (nSPS) is 16.0. The van der Waals surface area contributed by atoms with E-state index in [0.717, 1.165) is 17.3 Å². The minimum absolute atomic E-state index is 0.0111. The number of aliphatic hydroxyl groups excluding tert-OH is 1. The summed E-state index contributed by atoms with van der Waals surface area (Å²) in [5.41, 5.74) is 12.1. The van der Waals surface area contributed by atoms with E-state index in [1.54, 1.807) is 82.8 Å². The molecule has 2 aromatic carbocycles. The average Bonchev–Trinajstić information content (AvgIpc) is 1.79. The monoisotopic (exact) mass is 1680 g/mol. The van der Waals surface area contributed by atoms with Gasteiger partial charge in [-0.3, -0.25) is 62.3 Å². The van der Waals surface area contributed by atoms with E-state index in [1.807, 2.05) is 65.0 Å². The number of likely N-dealkylation sites (tertiary alicyclic amines) is 1. The van der Waals surface area contributed by atoms with Gasteiger partial charge in [0.15, 0.2) is 11.6 Å². The number of aliphatic carboxylic acids is 1. The first-order chi connectivity index (χ1) is 55.8. The SMILES string of the molecule is CCC(C)C(C(CC(=O)N1CCC[C@H]1C(OC)C(C)C(=O)C[C@H](C)[C@@H](O)c1ccccc1)OC)N(C)C(=O)C(CC(=O)[C@@H](C(C)C)N(C)C(=O)OCc1ccc(NC(=O)C(CCCNC(N)=O)CC(=O)C(NC(=O)CCCCCNC(=O)CC(SCC(NC(=O)CCOCCNC(=O)CN)C(=O)NCC(C)=O)C(=O)O)C(C)C)cc1)C(C)C. The molecule has 33 nitrogen and oxygen atoms in total. The Morgan fingerprint density at radius 1 is 0.653 bits per heavy atom. The van der Waals surface area contributed by atoms with Crippen LogP contribution in [-0.4, -0.2) is 248 Å². The first-order valence-corrected chi connectivity index (χ1v) is 42.1. The number of carbonyl (C=O) groups excluding carboxylic acids is 14. The third-order valence-corrected chi connectivity index (χ3v) is 22.7. The molecular formula is C84H134N12O21S. The summed E-state index contributed by atoms with van der Waals surface area (Å²) >= 11 is 0.744. The quantitative estimate of drug-likeness (QED) is 0.0349. The van der Waals surface area contributed by atoms with Crippen LogP contribution in [0.4, 0.5) is 15.3 Å². The van der Waals surface area contributed by atoms with Gasteiger partial charge in [0, 0.05) is 122 Å². The molecule has 0 aliphatic carbocycles. The summed E-state index contributed by atoms with van der Waals surface area (Å²) in [7, 11) is 6.18. The Morgan fingerprint density at radius 2 is 1.31 bits per heavy atom. The Morgan fingerprint density at radius 3 is 1.90 bits per heavy atom. The van der Waals surface area contributed by atoms with E-state index in [4.69, 9.17) is 30.4 Å². The highest BCUT2D eigenvalue weighted by Crippen LogP contribution is 2.34. The number of hydrogen-bond donors (Lipinski definition) is 11. The number of ketones is 4. The first-order valence-electron chi connectivity index (χ1n) is 41.1. The van der Waals surface area contributed by atoms with E-state index in [2.05, 4.69) is 37.2 Å². The van der Waals surface area contributed by atoms with Crippen molar-refractivity contribution in [3.8, 4) is 0 Å². The molecular weight excluding hydrogens is 1550 g/mol. The number of aliphatic hydroxyl groups is 1. The Balaban J connectivity index is 1.61. The zero-order chi connectivity index (χ0) is 88.5. The summed E-state index contributed by atoms with van der Waals surface area (Å²) in [6, 6.07) is 10.6. The minimum atomic E-state index is -1.35. The van der Waals surface area contributed by atoms with Crippen molar-refractivity contribution in [3.63, 3.8) is 0 Å². The summed E-state index contributed by atoms with van der Waals surface area (Å²) in [5.74, 6) is -10.7. The van der Waals surface area contributed by atoms with Gasteiger partial charge < -0.3 is 92.5 Å². The third-order valence-electron chi connectivity index (χ3n) is 21.4. The molecule has 0 aromatic heterocycles. The summed E-state index contributed by atoms with van der Waals surface area (Å²) in [6.07, 6.45) is -0.570. The van der Waals surface area contributed by atoms with E-state index < -0.39 is 143 Å². The van der Waals surface area contributed by atoms with Crippen molar-refractivity contribution >= 4 is 106 Å². The maximum atomic E-state index is 14.9. The van der Waals surface area contributed by atoms with Crippen molar-refractivity contribution < 1.29 is 101 Å². The topological polar surface area (TPSA) is 479 Å². The Hall–Kier alpha value is -8.96. The summed E-state index contributed by atoms with van der Waals surface area (Å²) in [5, 5.41) is 37.9. The van der Waals surface area contributed by atoms with E-state index in [1.165, 1.54) is 26.0 Å². The summed E-state index contributed by atoms with van der Waals surface area (Å²) in [4.78, 5) is 203. The van der Waals surface area contributed by atoms with Crippen molar-refractivity contribution in [2.24, 2.45) is 58.8 Å². The predicted octanol–water partition coefficient (Wildman–Crippen LogP) is 5.79. The number of unbranched alkanes of at least 4 members (excludes halogenated alkanes) is 2. The molecule has 1 fully saturated rings. The van der Waals surface area contributed by atoms with Crippen molar-refractivity contribution in [2.75, 3.05) is 91.9 Å². The van der Waals surface area contributed by atoms with Gasteiger partial charge in [0.05, 0.1) is 75.2 Å². The molecule has 1 aliphatic rings. The number of urea groups is 1. The van der Waals surface area contributed by atoms with E-state index in [-0.39, 0.29) is 162 Å². The zero-order valence-electron chi connectivity index (χ0n) is 71.7. The van der Waals surface area contributed by atoms with Gasteiger partial charge in [0.25, 0.3) is 0 Å². The van der Waals surface area contributed by atoms with Gasteiger partial charge in [0.2, 0.25) is 47.3 Å². The van der Waals surface area contributed by atoms with Crippen molar-refractivity contribution in [2.45, 2.75) is 233 Å². The van der Waals surface area contributed by atoms with Crippen LogP contribution in [0.25, 0.3) is 0 Å². The van der Waals surface area contributed by atoms with Crippen LogP contribution >= 0.6 is 11.8 Å². The Bertz CT molecular complexity index is 3570. The maximum Gasteiger partial charge on any atom is 0.410 e. The number of benzene rings is 2. The van der Waals surface area contributed by atoms with Crippen LogP contribution in [-0.2, 0) is 87.9 Å². The lowest BCUT2D eigenvalue weighted by molar-refractivity contribution is -0.149. The Kier molecular flexibility index (Phi) is 47.5. The molecule has 2 aromatic rings. The lowest BCUT2D eigenvalue weighted by atomic mass is 9.83. The predicted molar refractivity (Wildman–Crippen MR) is 446 cm³/mol. The molecule has 118 heavy (non-hydrogen) atoms. The molecule has 0 spiro atoms. The van der Waals surface area contributed by atoms with Crippen LogP contribution in [0.1, 0.15) is 190 Å². The van der Waals surface area contributed by atoms with Crippen LogP contribution < -0.4 is 48.7 Å². The highest BCUT2D eigenvalue weighted by atomic mass is 32.2. The number of carboxylic acids is 1. The molecule has 0 radical (unpaired) electrons. The number of carbonyl (C=O) groups is 15. The standard InChI is InChI=1S/C84H134N12O21S/c1-16-53(8)76(67(114-14)44-73(105)96-38-24-28-63(96)78(115-15)56(11)64(98)41-54(9)77(106)58-25-19-17-20-26-58)94(12)81(109)61(50(2)3)43-66(100)75(52(6)7)95(13)84(113)117-48-57-30-32-60(33-31-57)91-79(107)59(27-23-36-89-83(86)112)42-65(99)74(51(4)5)93-69(101)29-21-18-22-35-87-71(103)45-68(82(110)111)118-49-62(80(108)90-47-55(10)97)92-70(102)34-39-116-40-37-88-72(104)46-85/h17,19-20,25-26,30-33,50-54,56,59,61-63,67-68,74-78,106H,16,18,21-24,27-29,34-49,85H2,1-15H3,(H,87,103)(H,88,104)(H,90,108)(H,91,107)(H,92,102)(H,93,101)(H,110,111)(H3,86,89,112)/t53?,54-,56?,59?,61?,62?,63-,67?,68?,74?,75+,76?,77+,78?/m0/s1. The second kappa shape index (κ2) is 54.3. The van der Waals surface area contributed by atoms with Crippen LogP contribution in [0.2, 0.25) is 0 Å². The largest absolute Gasteiger partial charge is 0.480 e. The van der Waals surface area contributed by atoms with Gasteiger partial charge in [-0.05, 0) is 98.3 Å². The lowest BCUT2D eigenvalue weighted by Crippen LogP contribution is -2.54. The second-order valence-electron chi connectivity index (χ2n) is 31.7. The molecule has 0 saturated carbocycles. The summed E-state index contributed by atoms with van der Waals surface area (Å²) in [6.45, 7) is 19.8. The van der Waals surface area contributed by atoms with Crippen LogP contribution in [0, 0.1) is 47.3 Å². The van der Waals surface area contributed by atoms with Gasteiger partial charge in [-0.15, -0.1) is 11.8 Å². The fraction of sp³-hybridized carbons (Fsp3) is 0.679. The number of nitrogens with zero attached hydrogens (tertiary/aromatic N) is 3. The van der Waals surface area contributed by atoms with E-state index in [9.17, 15) is 82.1 Å². The third kappa shape index (κ3) is 35.9. The first kappa shape index (κ1) is 103. The number of carboxylic acid groups (broad SMARTS) is 1. The molecule has 10 unspecified atom stereocenters. The number of primary amides is 1. The molecule has 1 aliphatic heterocycles. The minimum Gasteiger partial charge on any atom is -0.480 e.